The number of hydrogen-bond acceptors (Lipinski definition) is 4. The normalized spacial score (nSPS) is 11.9. The Kier molecular flexibility index (Phi) is 5.29. The first-order valence-corrected chi connectivity index (χ1v) is 6.53. The van der Waals surface area contributed by atoms with Crippen LogP contribution < -0.4 is 5.32 Å². The Balaban J connectivity index is 2.72. The Hall–Kier alpha value is -1.63. The number of halogens is 1. The summed E-state index contributed by atoms with van der Waals surface area (Å²) in [6, 6.07) is 3.12. The summed E-state index contributed by atoms with van der Waals surface area (Å²) in [5, 5.41) is 22.6. The number of aliphatic carboxylic acids is 1. The molecule has 0 aromatic heterocycles. The van der Waals surface area contributed by atoms with Gasteiger partial charge in [-0.3, -0.25) is 14.9 Å². The van der Waals surface area contributed by atoms with E-state index in [0.717, 1.165) is 5.69 Å². The van der Waals surface area contributed by atoms with Crippen molar-refractivity contribution in [3.05, 3.63) is 32.3 Å². The third-order valence-electron chi connectivity index (χ3n) is 2.80. The molecule has 0 aliphatic carbocycles. The maximum atomic E-state index is 10.8. The van der Waals surface area contributed by atoms with E-state index in [-0.39, 0.29) is 5.69 Å². The largest absolute Gasteiger partial charge is 0.481 e. The number of rotatable bonds is 6. The Labute approximate surface area is 119 Å². The van der Waals surface area contributed by atoms with Crippen LogP contribution in [0.2, 0.25) is 0 Å². The van der Waals surface area contributed by atoms with Crippen molar-refractivity contribution in [2.75, 3.05) is 11.9 Å². The third-order valence-corrected chi connectivity index (χ3v) is 3.45. The summed E-state index contributed by atoms with van der Waals surface area (Å²) in [6.07, 6.45) is 0.484. The molecule has 1 rings (SSSR count). The van der Waals surface area contributed by atoms with Gasteiger partial charge in [0.25, 0.3) is 5.69 Å². The van der Waals surface area contributed by atoms with Gasteiger partial charge < -0.3 is 10.4 Å². The number of nitrogens with one attached hydrogen (secondary N) is 1. The molecule has 6 nitrogen and oxygen atoms in total. The molecule has 0 aliphatic heterocycles. The van der Waals surface area contributed by atoms with Gasteiger partial charge in [-0.1, -0.05) is 6.92 Å². The van der Waals surface area contributed by atoms with E-state index in [1.54, 1.807) is 19.9 Å². The highest BCUT2D eigenvalue weighted by molar-refractivity contribution is 9.10. The van der Waals surface area contributed by atoms with Crippen LogP contribution in [0.15, 0.2) is 16.6 Å². The predicted octanol–water partition coefficient (Wildman–Crippen LogP) is 3.19. The fraction of sp³-hybridized carbons (Fsp3) is 0.417. The summed E-state index contributed by atoms with van der Waals surface area (Å²) in [4.78, 5) is 21.0. The maximum absolute atomic E-state index is 10.8. The minimum atomic E-state index is -0.833. The van der Waals surface area contributed by atoms with Crippen molar-refractivity contribution in [2.45, 2.75) is 20.3 Å². The molecule has 2 N–H and O–H groups in total. The SMILES string of the molecule is Cc1cc(NCCC(C)C(=O)O)c(Br)cc1[N+](=O)[O-]. The van der Waals surface area contributed by atoms with Crippen LogP contribution in [0.5, 0.6) is 0 Å². The number of aryl methyl sites for hydroxylation is 1. The molecule has 1 aromatic rings. The molecule has 0 amide bonds. The van der Waals surface area contributed by atoms with Gasteiger partial charge in [0.05, 0.1) is 10.8 Å². The van der Waals surface area contributed by atoms with Gasteiger partial charge in [-0.2, -0.15) is 0 Å². The molecule has 19 heavy (non-hydrogen) atoms. The molecule has 0 bridgehead atoms. The van der Waals surface area contributed by atoms with Crippen LogP contribution in [0.25, 0.3) is 0 Å². The van der Waals surface area contributed by atoms with Gasteiger partial charge in [0.1, 0.15) is 0 Å². The second kappa shape index (κ2) is 6.51. The van der Waals surface area contributed by atoms with Crippen molar-refractivity contribution in [1.29, 1.82) is 0 Å². The van der Waals surface area contributed by atoms with E-state index in [1.165, 1.54) is 6.07 Å². The average molecular weight is 331 g/mol. The molecule has 0 aliphatic rings. The topological polar surface area (TPSA) is 92.5 Å². The third kappa shape index (κ3) is 4.20. The molecule has 0 radical (unpaired) electrons. The van der Waals surface area contributed by atoms with Crippen molar-refractivity contribution in [3.8, 4) is 0 Å². The van der Waals surface area contributed by atoms with Crippen molar-refractivity contribution in [2.24, 2.45) is 5.92 Å². The number of nitro groups is 1. The van der Waals surface area contributed by atoms with Crippen molar-refractivity contribution in [1.82, 2.24) is 0 Å². The number of carbonyl (C=O) groups is 1. The highest BCUT2D eigenvalue weighted by Gasteiger charge is 2.15. The average Bonchev–Trinajstić information content (AvgIpc) is 2.32. The second-order valence-electron chi connectivity index (χ2n) is 4.33. The van der Waals surface area contributed by atoms with Gasteiger partial charge in [-0.25, -0.2) is 0 Å². The number of carboxylic acid groups (broad SMARTS) is 1. The lowest BCUT2D eigenvalue weighted by Gasteiger charge is -2.11. The van der Waals surface area contributed by atoms with Gasteiger partial charge in [0.2, 0.25) is 0 Å². The van der Waals surface area contributed by atoms with Crippen LogP contribution in [0.3, 0.4) is 0 Å². The summed E-state index contributed by atoms with van der Waals surface area (Å²) in [6.45, 7) is 3.79. The van der Waals surface area contributed by atoms with E-state index in [9.17, 15) is 14.9 Å². The van der Waals surface area contributed by atoms with E-state index in [1.807, 2.05) is 0 Å². The molecule has 0 spiro atoms. The van der Waals surface area contributed by atoms with E-state index < -0.39 is 16.8 Å². The molecular weight excluding hydrogens is 316 g/mol. The molecule has 0 heterocycles. The molecule has 0 saturated carbocycles. The van der Waals surface area contributed by atoms with E-state index >= 15 is 0 Å². The van der Waals surface area contributed by atoms with Gasteiger partial charge in [-0.05, 0) is 35.3 Å². The lowest BCUT2D eigenvalue weighted by atomic mass is 10.1. The number of nitro benzene ring substituents is 1. The van der Waals surface area contributed by atoms with Gasteiger partial charge >= 0.3 is 5.97 Å². The minimum Gasteiger partial charge on any atom is -0.481 e. The summed E-state index contributed by atoms with van der Waals surface area (Å²) in [5.41, 5.74) is 1.33. The van der Waals surface area contributed by atoms with Crippen LogP contribution in [0, 0.1) is 23.0 Å². The Morgan fingerprint density at radius 3 is 2.74 bits per heavy atom. The van der Waals surface area contributed by atoms with Crippen LogP contribution in [0.1, 0.15) is 18.9 Å². The maximum Gasteiger partial charge on any atom is 0.306 e. The molecule has 1 unspecified atom stereocenters. The monoisotopic (exact) mass is 330 g/mol. The highest BCUT2D eigenvalue weighted by Crippen LogP contribution is 2.30. The second-order valence-corrected chi connectivity index (χ2v) is 5.18. The van der Waals surface area contributed by atoms with E-state index in [2.05, 4.69) is 21.2 Å². The molecule has 1 atom stereocenters. The molecule has 0 fully saturated rings. The fourth-order valence-corrected chi connectivity index (χ4v) is 2.02. The van der Waals surface area contributed by atoms with Gasteiger partial charge in [-0.15, -0.1) is 0 Å². The zero-order valence-corrected chi connectivity index (χ0v) is 12.2. The number of hydrogen-bond donors (Lipinski definition) is 2. The van der Waals surface area contributed by atoms with Gasteiger partial charge in [0, 0.05) is 28.3 Å². The number of nitrogens with zero attached hydrogens (tertiary/aromatic N) is 1. The van der Waals surface area contributed by atoms with Crippen molar-refractivity contribution in [3.63, 3.8) is 0 Å². The Morgan fingerprint density at radius 1 is 1.58 bits per heavy atom. The zero-order valence-electron chi connectivity index (χ0n) is 10.6. The van der Waals surface area contributed by atoms with Crippen molar-refractivity contribution < 1.29 is 14.8 Å². The Bertz CT molecular complexity index is 505. The fourth-order valence-electron chi connectivity index (χ4n) is 1.55. The van der Waals surface area contributed by atoms with E-state index in [0.29, 0.717) is 23.0 Å². The lowest BCUT2D eigenvalue weighted by molar-refractivity contribution is -0.385. The first-order chi connectivity index (χ1) is 8.82. The van der Waals surface area contributed by atoms with Crippen LogP contribution in [-0.2, 0) is 4.79 Å². The first-order valence-electron chi connectivity index (χ1n) is 5.74. The summed E-state index contributed by atoms with van der Waals surface area (Å²) in [7, 11) is 0. The van der Waals surface area contributed by atoms with Crippen molar-refractivity contribution >= 4 is 33.3 Å². The summed E-state index contributed by atoms with van der Waals surface area (Å²) in [5.74, 6) is -1.26. The number of benzene rings is 1. The molecular formula is C12H15BrN2O4. The number of carboxylic acids is 1. The Morgan fingerprint density at radius 2 is 2.21 bits per heavy atom. The summed E-state index contributed by atoms with van der Waals surface area (Å²) >= 11 is 3.26. The van der Waals surface area contributed by atoms with Crippen LogP contribution in [-0.4, -0.2) is 22.5 Å². The molecule has 104 valence electrons. The predicted molar refractivity (Wildman–Crippen MR) is 75.4 cm³/mol. The van der Waals surface area contributed by atoms with E-state index in [4.69, 9.17) is 5.11 Å². The zero-order chi connectivity index (χ0) is 14.6. The molecule has 0 saturated heterocycles. The summed E-state index contributed by atoms with van der Waals surface area (Å²) < 4.78 is 0.591. The molecule has 7 heteroatoms. The standard InChI is InChI=1S/C12H15BrN2O4/c1-7(12(16)17)3-4-14-10-5-8(2)11(15(18)19)6-9(10)13/h5-7,14H,3-4H2,1-2H3,(H,16,17). The number of anilines is 1. The smallest absolute Gasteiger partial charge is 0.306 e. The minimum absolute atomic E-state index is 0.0522. The van der Waals surface area contributed by atoms with Gasteiger partial charge in [0.15, 0.2) is 0 Å². The first kappa shape index (κ1) is 15.4. The van der Waals surface area contributed by atoms with Crippen LogP contribution in [0.4, 0.5) is 11.4 Å². The van der Waals surface area contributed by atoms with Crippen LogP contribution >= 0.6 is 15.9 Å². The lowest BCUT2D eigenvalue weighted by Crippen LogP contribution is -2.14. The quantitative estimate of drug-likeness (QED) is 0.617. The molecule has 1 aromatic carbocycles. The highest BCUT2D eigenvalue weighted by atomic mass is 79.9.